The molecule has 0 amide bonds. The van der Waals surface area contributed by atoms with Crippen molar-refractivity contribution in [1.82, 2.24) is 4.57 Å². The van der Waals surface area contributed by atoms with Gasteiger partial charge >= 0.3 is 0 Å². The summed E-state index contributed by atoms with van der Waals surface area (Å²) in [6.07, 6.45) is 0. The molecule has 0 fully saturated rings. The van der Waals surface area contributed by atoms with E-state index in [1.807, 2.05) is 0 Å². The van der Waals surface area contributed by atoms with Crippen LogP contribution in [0, 0.1) is 0 Å². The van der Waals surface area contributed by atoms with Crippen LogP contribution in [-0.4, -0.2) is 11.3 Å². The van der Waals surface area contributed by atoms with Gasteiger partial charge < -0.3 is 14.4 Å². The Morgan fingerprint density at radius 3 is 1.18 bits per heavy atom. The maximum absolute atomic E-state index is 2.68. The van der Waals surface area contributed by atoms with Gasteiger partial charge in [0.05, 0.1) is 22.4 Å². The van der Waals surface area contributed by atoms with Crippen LogP contribution in [0.5, 0.6) is 0 Å². The summed E-state index contributed by atoms with van der Waals surface area (Å²) >= 11 is 0. The van der Waals surface area contributed by atoms with Crippen LogP contribution in [0.4, 0.5) is 34.1 Å². The Morgan fingerprint density at radius 2 is 0.689 bits per heavy atom. The lowest BCUT2D eigenvalue weighted by Gasteiger charge is -2.45. The monoisotopic (exact) mass is 1160 g/mol. The van der Waals surface area contributed by atoms with Crippen LogP contribution in [0.2, 0.25) is 0 Å². The molecule has 3 heterocycles. The van der Waals surface area contributed by atoms with Crippen molar-refractivity contribution in [2.24, 2.45) is 0 Å². The van der Waals surface area contributed by atoms with Crippen LogP contribution >= 0.6 is 0 Å². The van der Waals surface area contributed by atoms with Crippen LogP contribution in [0.1, 0.15) is 79.0 Å². The normalized spacial score (nSPS) is 13.1. The van der Waals surface area contributed by atoms with E-state index in [4.69, 9.17) is 0 Å². The number of fused-ring (bicyclic) bond motifs is 9. The first-order valence-corrected chi connectivity index (χ1v) is 32.0. The number of nitrogens with zero attached hydrogens (tertiary/aromatic N) is 3. The molecule has 2 aliphatic heterocycles. The molecule has 14 aromatic rings. The van der Waals surface area contributed by atoms with Gasteiger partial charge in [-0.25, -0.2) is 0 Å². The van der Waals surface area contributed by atoms with E-state index < -0.39 is 0 Å². The fourth-order valence-corrected chi connectivity index (χ4v) is 14.7. The molecule has 0 bridgehead atoms. The standard InChI is InChI=1S/C86H72BN3/c1-84(2,3)63-38-33-56(34-39-63)62-50-79-81-80(51-62)90(83-68-32-22-20-30-60(68)36-44-70(83)58-27-17-12-18-28-58)78-48-42-66(88-75-46-40-64(85(4,5)6)52-71(75)72-53-65(86(7,8)9)41-47-76(72)88)54-74(78)87(81)73-49-61(55-23-13-10-14-24-55)37-45-77(73)89(79)82-67-31-21-19-29-59(67)35-43-69(82)57-25-15-11-16-26-57/h10-54H,1-9H3. The van der Waals surface area contributed by atoms with Gasteiger partial charge in [0, 0.05) is 61.1 Å². The van der Waals surface area contributed by atoms with E-state index >= 15 is 0 Å². The molecule has 0 spiro atoms. The lowest BCUT2D eigenvalue weighted by Crippen LogP contribution is -2.61. The summed E-state index contributed by atoms with van der Waals surface area (Å²) in [7, 11) is 0. The average molecular weight is 1160 g/mol. The summed E-state index contributed by atoms with van der Waals surface area (Å²) < 4.78 is 2.56. The molecule has 0 N–H and O–H groups in total. The van der Waals surface area contributed by atoms with Gasteiger partial charge in [0.1, 0.15) is 0 Å². The Hall–Kier alpha value is -10.2. The van der Waals surface area contributed by atoms with Crippen molar-refractivity contribution >= 4 is 101 Å². The highest BCUT2D eigenvalue weighted by Crippen LogP contribution is 2.53. The maximum Gasteiger partial charge on any atom is 0.252 e. The predicted molar refractivity (Wildman–Crippen MR) is 388 cm³/mol. The summed E-state index contributed by atoms with van der Waals surface area (Å²) in [5.74, 6) is 0. The van der Waals surface area contributed by atoms with E-state index in [9.17, 15) is 0 Å². The molecular weight excluding hydrogens is 1090 g/mol. The van der Waals surface area contributed by atoms with E-state index in [1.54, 1.807) is 0 Å². The van der Waals surface area contributed by atoms with Gasteiger partial charge in [0.25, 0.3) is 6.71 Å². The van der Waals surface area contributed by atoms with Gasteiger partial charge in [-0.3, -0.25) is 0 Å². The van der Waals surface area contributed by atoms with Crippen molar-refractivity contribution in [1.29, 1.82) is 0 Å². The van der Waals surface area contributed by atoms with Gasteiger partial charge in [0.15, 0.2) is 0 Å². The van der Waals surface area contributed by atoms with Crippen LogP contribution in [0.3, 0.4) is 0 Å². The Kier molecular flexibility index (Phi) is 12.7. The third-order valence-corrected chi connectivity index (χ3v) is 19.4. The second kappa shape index (κ2) is 20.7. The number of aromatic nitrogens is 1. The van der Waals surface area contributed by atoms with Crippen molar-refractivity contribution in [2.75, 3.05) is 9.80 Å². The Labute approximate surface area is 530 Å². The van der Waals surface area contributed by atoms with Gasteiger partial charge in [-0.2, -0.15) is 0 Å². The number of hydrogen-bond acceptors (Lipinski definition) is 2. The van der Waals surface area contributed by atoms with Gasteiger partial charge in [-0.05, 0) is 154 Å². The molecule has 3 nitrogen and oxygen atoms in total. The lowest BCUT2D eigenvalue weighted by atomic mass is 9.33. The molecule has 0 atom stereocenters. The molecule has 434 valence electrons. The predicted octanol–water partition coefficient (Wildman–Crippen LogP) is 21.7. The van der Waals surface area contributed by atoms with Crippen molar-refractivity contribution in [3.05, 3.63) is 290 Å². The van der Waals surface area contributed by atoms with Crippen molar-refractivity contribution in [3.8, 4) is 50.2 Å². The zero-order chi connectivity index (χ0) is 61.4. The summed E-state index contributed by atoms with van der Waals surface area (Å²) in [4.78, 5) is 5.34. The minimum absolute atomic E-state index is 0.0134. The molecular formula is C86H72BN3. The smallest absolute Gasteiger partial charge is 0.252 e. The minimum atomic E-state index is -0.216. The second-order valence-corrected chi connectivity index (χ2v) is 28.1. The maximum atomic E-state index is 2.68. The van der Waals surface area contributed by atoms with E-state index in [0.717, 1.165) is 45.4 Å². The molecule has 16 rings (SSSR count). The van der Waals surface area contributed by atoms with Crippen LogP contribution in [0.15, 0.2) is 273 Å². The van der Waals surface area contributed by atoms with Crippen LogP contribution in [0.25, 0.3) is 93.5 Å². The summed E-state index contributed by atoms with van der Waals surface area (Å²) in [5, 5.41) is 7.31. The zero-order valence-corrected chi connectivity index (χ0v) is 52.9. The molecule has 90 heavy (non-hydrogen) atoms. The summed E-state index contributed by atoms with van der Waals surface area (Å²) in [6.45, 7) is 20.7. The van der Waals surface area contributed by atoms with Crippen molar-refractivity contribution < 1.29 is 0 Å². The van der Waals surface area contributed by atoms with Crippen LogP contribution < -0.4 is 26.2 Å². The molecule has 0 saturated heterocycles. The van der Waals surface area contributed by atoms with E-state index in [2.05, 4.69) is 350 Å². The van der Waals surface area contributed by atoms with E-state index in [0.29, 0.717) is 0 Å². The molecule has 2 aliphatic rings. The highest BCUT2D eigenvalue weighted by molar-refractivity contribution is 7.00. The fourth-order valence-electron chi connectivity index (χ4n) is 14.7. The Bertz CT molecular complexity index is 5080. The third kappa shape index (κ3) is 9.01. The van der Waals surface area contributed by atoms with Gasteiger partial charge in [-0.1, -0.05) is 275 Å². The quantitative estimate of drug-likeness (QED) is 0.147. The minimum Gasteiger partial charge on any atom is -0.310 e. The number of rotatable bonds is 7. The van der Waals surface area contributed by atoms with Crippen molar-refractivity contribution in [3.63, 3.8) is 0 Å². The first-order chi connectivity index (χ1) is 43.5. The van der Waals surface area contributed by atoms with Gasteiger partial charge in [-0.15, -0.1) is 0 Å². The van der Waals surface area contributed by atoms with Crippen LogP contribution in [-0.2, 0) is 16.2 Å². The number of hydrogen-bond donors (Lipinski definition) is 0. The molecule has 13 aromatic carbocycles. The van der Waals surface area contributed by atoms with Crippen molar-refractivity contribution in [2.45, 2.75) is 78.6 Å². The molecule has 4 heteroatoms. The summed E-state index contributed by atoms with van der Waals surface area (Å²) in [6, 6.07) is 104. The average Bonchev–Trinajstić information content (AvgIpc) is 0.749. The second-order valence-electron chi connectivity index (χ2n) is 28.1. The Balaban J connectivity index is 1.08. The highest BCUT2D eigenvalue weighted by atomic mass is 15.2. The number of anilines is 6. The molecule has 0 unspecified atom stereocenters. The molecule has 1 aromatic heterocycles. The Morgan fingerprint density at radius 1 is 0.278 bits per heavy atom. The number of benzene rings is 13. The lowest BCUT2D eigenvalue weighted by molar-refractivity contribution is 0.590. The largest absolute Gasteiger partial charge is 0.310 e. The summed E-state index contributed by atoms with van der Waals surface area (Å²) in [5.41, 5.74) is 27.5. The highest BCUT2D eigenvalue weighted by Gasteiger charge is 2.45. The zero-order valence-electron chi connectivity index (χ0n) is 52.9. The topological polar surface area (TPSA) is 11.4 Å². The fraction of sp³-hybridized carbons (Fsp3) is 0.140. The van der Waals surface area contributed by atoms with E-state index in [1.165, 1.54) is 115 Å². The molecule has 0 saturated carbocycles. The molecule has 0 radical (unpaired) electrons. The third-order valence-electron chi connectivity index (χ3n) is 19.4. The van der Waals surface area contributed by atoms with E-state index in [-0.39, 0.29) is 23.0 Å². The van der Waals surface area contributed by atoms with Gasteiger partial charge in [0.2, 0.25) is 0 Å². The molecule has 0 aliphatic carbocycles. The first-order valence-electron chi connectivity index (χ1n) is 32.0. The first kappa shape index (κ1) is 55.2. The SMILES string of the molecule is CC(C)(C)c1ccc(-c2cc3c4c(c2)N(c2c(-c5ccccc5)ccc5ccccc25)c2ccc(-n5c6ccc(C(C)(C)C)cc6c6cc(C(C)(C)C)ccc65)cc2B4c2cc(-c4ccccc4)ccc2N3c2c(-c3ccccc3)ccc3ccccc23)cc1.